The summed E-state index contributed by atoms with van der Waals surface area (Å²) in [4.78, 5) is 25.3. The first-order valence-electron chi connectivity index (χ1n) is 6.15. The zero-order valence-electron chi connectivity index (χ0n) is 10.5. The van der Waals surface area contributed by atoms with Crippen LogP contribution in [0.3, 0.4) is 0 Å². The number of thiazole rings is 1. The van der Waals surface area contributed by atoms with Gasteiger partial charge in [-0.05, 0) is 25.7 Å². The van der Waals surface area contributed by atoms with Crippen molar-refractivity contribution in [3.63, 3.8) is 0 Å². The van der Waals surface area contributed by atoms with Gasteiger partial charge in [0.05, 0.1) is 0 Å². The van der Waals surface area contributed by atoms with Gasteiger partial charge in [0.15, 0.2) is 0 Å². The smallest absolute Gasteiger partial charge is 0.307 e. The van der Waals surface area contributed by atoms with Crippen LogP contribution in [0.15, 0.2) is 10.2 Å². The molecule has 5 nitrogen and oxygen atoms in total. The monoisotopic (exact) mass is 270 g/mol. The van der Waals surface area contributed by atoms with Crippen molar-refractivity contribution in [2.24, 2.45) is 5.92 Å². The molecule has 0 unspecified atom stereocenters. The van der Waals surface area contributed by atoms with Crippen LogP contribution >= 0.6 is 11.3 Å². The molecule has 0 spiro atoms. The lowest BCUT2D eigenvalue weighted by molar-refractivity contribution is -0.133. The largest absolute Gasteiger partial charge is 0.396 e. The first-order valence-corrected chi connectivity index (χ1v) is 7.03. The molecule has 2 heterocycles. The van der Waals surface area contributed by atoms with Gasteiger partial charge in [-0.2, -0.15) is 0 Å². The number of hydrogen-bond acceptors (Lipinski definition) is 4. The molecule has 1 saturated heterocycles. The number of nitrogens with zero attached hydrogens (tertiary/aromatic N) is 2. The first kappa shape index (κ1) is 13.3. The van der Waals surface area contributed by atoms with Gasteiger partial charge >= 0.3 is 4.87 Å². The van der Waals surface area contributed by atoms with Crippen molar-refractivity contribution >= 4 is 17.2 Å². The van der Waals surface area contributed by atoms with Crippen molar-refractivity contribution < 1.29 is 9.90 Å². The highest BCUT2D eigenvalue weighted by Gasteiger charge is 2.22. The Labute approximate surface area is 110 Å². The standard InChI is InChI=1S/C12H18N2O3S/c1-9-8-18-12(17)14(9)6-11(16)13-4-2-10(7-15)3-5-13/h8,10,15H,2-7H2,1H3. The molecule has 18 heavy (non-hydrogen) atoms. The molecule has 1 aromatic rings. The van der Waals surface area contributed by atoms with E-state index in [2.05, 4.69) is 0 Å². The SMILES string of the molecule is Cc1csc(=O)n1CC(=O)N1CCC(CO)CC1. The minimum Gasteiger partial charge on any atom is -0.396 e. The molecule has 1 aliphatic rings. The number of hydrogen-bond donors (Lipinski definition) is 1. The summed E-state index contributed by atoms with van der Waals surface area (Å²) >= 11 is 1.13. The first-order chi connectivity index (χ1) is 8.61. The third kappa shape index (κ3) is 2.81. The minimum atomic E-state index is -0.0777. The summed E-state index contributed by atoms with van der Waals surface area (Å²) in [6.07, 6.45) is 1.69. The lowest BCUT2D eigenvalue weighted by atomic mass is 9.98. The fraction of sp³-hybridized carbons (Fsp3) is 0.667. The van der Waals surface area contributed by atoms with Crippen molar-refractivity contribution in [3.8, 4) is 0 Å². The predicted octanol–water partition coefficient (Wildman–Crippen LogP) is 0.449. The minimum absolute atomic E-state index is 0.00464. The molecule has 0 saturated carbocycles. The van der Waals surface area contributed by atoms with Gasteiger partial charge in [-0.1, -0.05) is 11.3 Å². The maximum Gasteiger partial charge on any atom is 0.307 e. The second-order valence-corrected chi connectivity index (χ2v) is 5.56. The molecular weight excluding hydrogens is 252 g/mol. The van der Waals surface area contributed by atoms with Gasteiger partial charge in [-0.25, -0.2) is 0 Å². The lowest BCUT2D eigenvalue weighted by Crippen LogP contribution is -2.41. The van der Waals surface area contributed by atoms with Crippen LogP contribution in [0.2, 0.25) is 0 Å². The Bertz CT molecular complexity index is 472. The van der Waals surface area contributed by atoms with Gasteiger partial charge in [0, 0.05) is 30.8 Å². The van der Waals surface area contributed by atoms with Crippen LogP contribution < -0.4 is 4.87 Å². The average Bonchev–Trinajstić information content (AvgIpc) is 2.70. The Balaban J connectivity index is 1.95. The summed E-state index contributed by atoms with van der Waals surface area (Å²) in [5.74, 6) is 0.314. The van der Waals surface area contributed by atoms with Gasteiger partial charge < -0.3 is 10.0 Å². The van der Waals surface area contributed by atoms with E-state index in [1.165, 1.54) is 4.57 Å². The van der Waals surface area contributed by atoms with Crippen molar-refractivity contribution in [1.29, 1.82) is 0 Å². The van der Waals surface area contributed by atoms with E-state index >= 15 is 0 Å². The maximum atomic E-state index is 12.1. The van der Waals surface area contributed by atoms with E-state index in [4.69, 9.17) is 5.11 Å². The number of aromatic nitrogens is 1. The zero-order chi connectivity index (χ0) is 13.1. The molecule has 0 atom stereocenters. The highest BCUT2D eigenvalue weighted by atomic mass is 32.1. The summed E-state index contributed by atoms with van der Waals surface area (Å²) in [5.41, 5.74) is 0.837. The van der Waals surface area contributed by atoms with E-state index in [9.17, 15) is 9.59 Å². The van der Waals surface area contributed by atoms with E-state index in [1.54, 1.807) is 10.3 Å². The fourth-order valence-electron chi connectivity index (χ4n) is 2.20. The predicted molar refractivity (Wildman–Crippen MR) is 69.7 cm³/mol. The molecule has 1 N–H and O–H groups in total. The Morgan fingerprint density at radius 3 is 2.67 bits per heavy atom. The number of piperidine rings is 1. The molecule has 1 fully saturated rings. The molecule has 6 heteroatoms. The Morgan fingerprint density at radius 2 is 2.17 bits per heavy atom. The molecule has 0 aromatic carbocycles. The Hall–Kier alpha value is -1.14. The molecular formula is C12H18N2O3S. The molecule has 0 bridgehead atoms. The molecule has 0 radical (unpaired) electrons. The number of rotatable bonds is 3. The average molecular weight is 270 g/mol. The molecule has 1 amide bonds. The quantitative estimate of drug-likeness (QED) is 0.867. The third-order valence-electron chi connectivity index (χ3n) is 3.50. The van der Waals surface area contributed by atoms with Crippen molar-refractivity contribution in [2.75, 3.05) is 19.7 Å². The van der Waals surface area contributed by atoms with Crippen molar-refractivity contribution in [3.05, 3.63) is 20.7 Å². The van der Waals surface area contributed by atoms with Gasteiger partial charge in [-0.3, -0.25) is 14.2 Å². The van der Waals surface area contributed by atoms with Crippen molar-refractivity contribution in [1.82, 2.24) is 9.47 Å². The maximum absolute atomic E-state index is 12.1. The van der Waals surface area contributed by atoms with Crippen LogP contribution in [0.1, 0.15) is 18.5 Å². The van der Waals surface area contributed by atoms with Gasteiger partial charge in [0.25, 0.3) is 0 Å². The van der Waals surface area contributed by atoms with Crippen LogP contribution in [-0.4, -0.2) is 40.2 Å². The second-order valence-electron chi connectivity index (χ2n) is 4.74. The molecule has 2 rings (SSSR count). The molecule has 100 valence electrons. The fourth-order valence-corrected chi connectivity index (χ4v) is 2.93. The summed E-state index contributed by atoms with van der Waals surface area (Å²) in [6, 6.07) is 0. The zero-order valence-corrected chi connectivity index (χ0v) is 11.3. The van der Waals surface area contributed by atoms with E-state index in [0.29, 0.717) is 19.0 Å². The van der Waals surface area contributed by atoms with Gasteiger partial charge in [0.1, 0.15) is 6.54 Å². The van der Waals surface area contributed by atoms with Gasteiger partial charge in [-0.15, -0.1) is 0 Å². The van der Waals surface area contributed by atoms with E-state index in [1.807, 2.05) is 6.92 Å². The van der Waals surface area contributed by atoms with Crippen LogP contribution in [0, 0.1) is 12.8 Å². The van der Waals surface area contributed by atoms with Gasteiger partial charge in [0.2, 0.25) is 5.91 Å². The summed E-state index contributed by atoms with van der Waals surface area (Å²) < 4.78 is 1.52. The number of aliphatic hydroxyl groups is 1. The van der Waals surface area contributed by atoms with E-state index in [0.717, 1.165) is 29.9 Å². The summed E-state index contributed by atoms with van der Waals surface area (Å²) in [6.45, 7) is 3.54. The third-order valence-corrected chi connectivity index (χ3v) is 4.38. The number of aryl methyl sites for hydroxylation is 1. The van der Waals surface area contributed by atoms with Crippen LogP contribution in [0.4, 0.5) is 0 Å². The highest BCUT2D eigenvalue weighted by Crippen LogP contribution is 2.16. The number of likely N-dealkylation sites (tertiary alicyclic amines) is 1. The van der Waals surface area contributed by atoms with Crippen LogP contribution in [-0.2, 0) is 11.3 Å². The van der Waals surface area contributed by atoms with E-state index in [-0.39, 0.29) is 23.9 Å². The van der Waals surface area contributed by atoms with Crippen molar-refractivity contribution in [2.45, 2.75) is 26.3 Å². The molecule has 1 aromatic heterocycles. The second kappa shape index (κ2) is 5.67. The number of carbonyl (C=O) groups excluding carboxylic acids is 1. The molecule has 0 aliphatic carbocycles. The number of aliphatic hydroxyl groups excluding tert-OH is 1. The lowest BCUT2D eigenvalue weighted by Gasteiger charge is -2.31. The Kier molecular flexibility index (Phi) is 4.19. The summed E-state index contributed by atoms with van der Waals surface area (Å²) in [7, 11) is 0. The molecule has 1 aliphatic heterocycles. The Morgan fingerprint density at radius 1 is 1.50 bits per heavy atom. The normalized spacial score (nSPS) is 17.1. The van der Waals surface area contributed by atoms with E-state index < -0.39 is 0 Å². The van der Waals surface area contributed by atoms with Crippen LogP contribution in [0.5, 0.6) is 0 Å². The van der Waals surface area contributed by atoms with Crippen LogP contribution in [0.25, 0.3) is 0 Å². The summed E-state index contributed by atoms with van der Waals surface area (Å²) in [5, 5.41) is 10.8. The highest BCUT2D eigenvalue weighted by molar-refractivity contribution is 7.07. The number of amides is 1. The number of carbonyl (C=O) groups is 1. The topological polar surface area (TPSA) is 62.5 Å².